The second kappa shape index (κ2) is 6.06. The molecule has 118 valence electrons. The molecular weight excluding hydrogens is 308 g/mol. The summed E-state index contributed by atoms with van der Waals surface area (Å²) in [6, 6.07) is 6.06. The molecule has 9 heteroatoms. The molecule has 0 aliphatic heterocycles. The van der Waals surface area contributed by atoms with E-state index in [9.17, 15) is 13.2 Å². The van der Waals surface area contributed by atoms with Crippen LogP contribution >= 0.6 is 0 Å². The number of aryl methyl sites for hydroxylation is 1. The van der Waals surface area contributed by atoms with Gasteiger partial charge in [0.15, 0.2) is 5.82 Å². The molecule has 1 heterocycles. The molecule has 0 saturated carbocycles. The van der Waals surface area contributed by atoms with Gasteiger partial charge in [0.05, 0.1) is 6.61 Å². The number of hydrogen-bond acceptors (Lipinski definition) is 5. The van der Waals surface area contributed by atoms with Crippen molar-refractivity contribution in [2.45, 2.75) is 18.7 Å². The van der Waals surface area contributed by atoms with E-state index in [0.29, 0.717) is 6.61 Å². The van der Waals surface area contributed by atoms with E-state index in [4.69, 9.17) is 10.5 Å². The van der Waals surface area contributed by atoms with Crippen LogP contribution in [0.25, 0.3) is 0 Å². The minimum absolute atomic E-state index is 0.00187. The molecule has 0 saturated heterocycles. The fourth-order valence-corrected chi connectivity index (χ4v) is 3.02. The monoisotopic (exact) mass is 324 g/mol. The quantitative estimate of drug-likeness (QED) is 0.731. The number of nitrogens with two attached hydrogens (primary N) is 1. The third kappa shape index (κ3) is 3.37. The summed E-state index contributed by atoms with van der Waals surface area (Å²) < 4.78 is 32.6. The van der Waals surface area contributed by atoms with Gasteiger partial charge in [0.25, 0.3) is 15.9 Å². The van der Waals surface area contributed by atoms with E-state index in [1.807, 2.05) is 0 Å². The summed E-state index contributed by atoms with van der Waals surface area (Å²) in [6.07, 6.45) is 0. The number of benzene rings is 1. The molecule has 1 aromatic carbocycles. The summed E-state index contributed by atoms with van der Waals surface area (Å²) >= 11 is 0. The molecule has 4 N–H and O–H groups in total. The molecule has 2 aromatic rings. The minimum Gasteiger partial charge on any atom is -0.492 e. The lowest BCUT2D eigenvalue weighted by Crippen LogP contribution is -2.15. The Morgan fingerprint density at radius 3 is 2.73 bits per heavy atom. The van der Waals surface area contributed by atoms with Gasteiger partial charge in [-0.05, 0) is 31.5 Å². The van der Waals surface area contributed by atoms with Crippen LogP contribution in [0, 0.1) is 6.92 Å². The smallest absolute Gasteiger partial charge is 0.266 e. The summed E-state index contributed by atoms with van der Waals surface area (Å²) in [5.74, 6) is -0.521. The van der Waals surface area contributed by atoms with Crippen molar-refractivity contribution in [3.8, 4) is 5.75 Å². The summed E-state index contributed by atoms with van der Waals surface area (Å²) in [5, 5.41) is 6.04. The molecule has 0 aliphatic rings. The van der Waals surface area contributed by atoms with Crippen molar-refractivity contribution in [1.29, 1.82) is 0 Å². The molecule has 0 unspecified atom stereocenters. The number of nitrogens with one attached hydrogen (secondary N) is 2. The second-order valence-corrected chi connectivity index (χ2v) is 6.17. The van der Waals surface area contributed by atoms with Crippen molar-refractivity contribution in [1.82, 2.24) is 10.2 Å². The van der Waals surface area contributed by atoms with Crippen molar-refractivity contribution in [3.05, 3.63) is 35.5 Å². The second-order valence-electron chi connectivity index (χ2n) is 4.52. The summed E-state index contributed by atoms with van der Waals surface area (Å²) in [5.41, 5.74) is 5.85. The van der Waals surface area contributed by atoms with Gasteiger partial charge in [0.1, 0.15) is 16.3 Å². The van der Waals surface area contributed by atoms with Gasteiger partial charge < -0.3 is 10.5 Å². The number of rotatable bonds is 6. The SMILES string of the molecule is CCOc1ccc(C)cc1S(=O)(=O)Nc1cc(C(N)=O)[nH]n1. The van der Waals surface area contributed by atoms with Crippen molar-refractivity contribution < 1.29 is 17.9 Å². The van der Waals surface area contributed by atoms with E-state index >= 15 is 0 Å². The molecule has 0 bridgehead atoms. The minimum atomic E-state index is -3.91. The van der Waals surface area contributed by atoms with Crippen LogP contribution in [0.1, 0.15) is 23.0 Å². The predicted molar refractivity (Wildman–Crippen MR) is 80.3 cm³/mol. The maximum atomic E-state index is 12.5. The average Bonchev–Trinajstić information content (AvgIpc) is 2.89. The van der Waals surface area contributed by atoms with E-state index in [-0.39, 0.29) is 22.2 Å². The van der Waals surface area contributed by atoms with Gasteiger partial charge in [-0.25, -0.2) is 8.42 Å². The molecule has 0 aliphatic carbocycles. The van der Waals surface area contributed by atoms with Gasteiger partial charge in [-0.2, -0.15) is 5.10 Å². The van der Waals surface area contributed by atoms with E-state index in [0.717, 1.165) is 5.56 Å². The first-order valence-corrected chi connectivity index (χ1v) is 7.93. The number of aromatic amines is 1. The third-order valence-corrected chi connectivity index (χ3v) is 4.15. The molecule has 0 atom stereocenters. The maximum absolute atomic E-state index is 12.5. The van der Waals surface area contributed by atoms with Crippen molar-refractivity contribution >= 4 is 21.7 Å². The lowest BCUT2D eigenvalue weighted by Gasteiger charge is -2.12. The summed E-state index contributed by atoms with van der Waals surface area (Å²) in [6.45, 7) is 3.87. The number of hydrogen-bond donors (Lipinski definition) is 3. The van der Waals surface area contributed by atoms with Gasteiger partial charge in [-0.15, -0.1) is 0 Å². The van der Waals surface area contributed by atoms with Crippen LogP contribution in [-0.2, 0) is 10.0 Å². The fourth-order valence-electron chi connectivity index (χ4n) is 1.79. The highest BCUT2D eigenvalue weighted by Gasteiger charge is 2.21. The zero-order valence-corrected chi connectivity index (χ0v) is 12.9. The van der Waals surface area contributed by atoms with E-state index in [2.05, 4.69) is 14.9 Å². The summed E-state index contributed by atoms with van der Waals surface area (Å²) in [7, 11) is -3.91. The molecule has 1 aromatic heterocycles. The Labute approximate surface area is 127 Å². The number of amides is 1. The van der Waals surface area contributed by atoms with Crippen LogP contribution in [0.3, 0.4) is 0 Å². The Bertz CT molecular complexity index is 798. The van der Waals surface area contributed by atoms with Gasteiger partial charge in [0.2, 0.25) is 0 Å². The first kappa shape index (κ1) is 15.8. The first-order chi connectivity index (χ1) is 10.3. The van der Waals surface area contributed by atoms with Crippen LogP contribution in [-0.4, -0.2) is 31.1 Å². The number of sulfonamides is 1. The summed E-state index contributed by atoms with van der Waals surface area (Å²) in [4.78, 5) is 11.0. The van der Waals surface area contributed by atoms with Crippen molar-refractivity contribution in [2.24, 2.45) is 5.73 Å². The Kier molecular flexibility index (Phi) is 4.36. The van der Waals surface area contributed by atoms with E-state index in [1.165, 1.54) is 12.1 Å². The highest BCUT2D eigenvalue weighted by Crippen LogP contribution is 2.26. The lowest BCUT2D eigenvalue weighted by atomic mass is 10.2. The van der Waals surface area contributed by atoms with Gasteiger partial charge in [0, 0.05) is 6.07 Å². The van der Waals surface area contributed by atoms with Crippen molar-refractivity contribution in [2.75, 3.05) is 11.3 Å². The molecule has 2 rings (SSSR count). The molecule has 0 spiro atoms. The largest absolute Gasteiger partial charge is 0.492 e. The number of ether oxygens (including phenoxy) is 1. The third-order valence-electron chi connectivity index (χ3n) is 2.77. The Morgan fingerprint density at radius 2 is 2.14 bits per heavy atom. The van der Waals surface area contributed by atoms with Gasteiger partial charge >= 0.3 is 0 Å². The highest BCUT2D eigenvalue weighted by molar-refractivity contribution is 7.92. The number of nitrogens with zero attached hydrogens (tertiary/aromatic N) is 1. The standard InChI is InChI=1S/C13H16N4O4S/c1-3-21-10-5-4-8(2)6-11(10)22(19,20)17-12-7-9(13(14)18)15-16-12/h4-7H,3H2,1-2H3,(H2,14,18)(H2,15,16,17). The Hall–Kier alpha value is -2.55. The molecule has 8 nitrogen and oxygen atoms in total. The van der Waals surface area contributed by atoms with Crippen molar-refractivity contribution in [3.63, 3.8) is 0 Å². The van der Waals surface area contributed by atoms with Crippen LogP contribution < -0.4 is 15.2 Å². The number of carbonyl (C=O) groups is 1. The van der Waals surface area contributed by atoms with E-state index in [1.54, 1.807) is 26.0 Å². The lowest BCUT2D eigenvalue weighted by molar-refractivity contribution is 0.0995. The molecule has 1 amide bonds. The van der Waals surface area contributed by atoms with Crippen LogP contribution in [0.15, 0.2) is 29.2 Å². The zero-order chi connectivity index (χ0) is 16.3. The van der Waals surface area contributed by atoms with Crippen LogP contribution in [0.2, 0.25) is 0 Å². The number of aromatic nitrogens is 2. The molecule has 22 heavy (non-hydrogen) atoms. The van der Waals surface area contributed by atoms with Crippen LogP contribution in [0.4, 0.5) is 5.82 Å². The average molecular weight is 324 g/mol. The molecular formula is C13H16N4O4S. The maximum Gasteiger partial charge on any atom is 0.266 e. The highest BCUT2D eigenvalue weighted by atomic mass is 32.2. The first-order valence-electron chi connectivity index (χ1n) is 6.45. The van der Waals surface area contributed by atoms with Crippen LogP contribution in [0.5, 0.6) is 5.75 Å². The van der Waals surface area contributed by atoms with Gasteiger partial charge in [-0.1, -0.05) is 6.07 Å². The topological polar surface area (TPSA) is 127 Å². The zero-order valence-electron chi connectivity index (χ0n) is 12.1. The molecule has 0 radical (unpaired) electrons. The normalized spacial score (nSPS) is 11.2. The molecule has 0 fully saturated rings. The Morgan fingerprint density at radius 1 is 1.41 bits per heavy atom. The number of carbonyl (C=O) groups excluding carboxylic acids is 1. The van der Waals surface area contributed by atoms with E-state index < -0.39 is 15.9 Å². The number of H-pyrrole nitrogens is 1. The number of anilines is 1. The van der Waals surface area contributed by atoms with Gasteiger partial charge in [-0.3, -0.25) is 14.6 Å². The number of primary amides is 1. The predicted octanol–water partition coefficient (Wildman–Crippen LogP) is 1.02. The fraction of sp³-hybridized carbons (Fsp3) is 0.231. The Balaban J connectivity index is 2.37.